The summed E-state index contributed by atoms with van der Waals surface area (Å²) < 4.78 is 7.24. The van der Waals surface area contributed by atoms with Crippen LogP contribution in [0.2, 0.25) is 0 Å². The van der Waals surface area contributed by atoms with Gasteiger partial charge in [0, 0.05) is 19.8 Å². The number of carbonyl (C=O) groups excluding carboxylic acids is 1. The van der Waals surface area contributed by atoms with E-state index in [1.54, 1.807) is 12.3 Å². The Hall–Kier alpha value is -3.61. The lowest BCUT2D eigenvalue weighted by atomic mass is 10.1. The average molecular weight is 406 g/mol. The highest BCUT2D eigenvalue weighted by atomic mass is 16.5. The van der Waals surface area contributed by atoms with E-state index in [2.05, 4.69) is 20.7 Å². The predicted octanol–water partition coefficient (Wildman–Crippen LogP) is 3.03. The van der Waals surface area contributed by atoms with Crippen LogP contribution in [0, 0.1) is 0 Å². The SMILES string of the molecule is CCNC(=NCc1cccc(C(=O)OCc2ccccc2)c1)NCc1ccnn1C. The maximum Gasteiger partial charge on any atom is 0.338 e. The first-order valence-corrected chi connectivity index (χ1v) is 9.94. The summed E-state index contributed by atoms with van der Waals surface area (Å²) in [7, 11) is 1.91. The highest BCUT2D eigenvalue weighted by Gasteiger charge is 2.08. The summed E-state index contributed by atoms with van der Waals surface area (Å²) in [5.41, 5.74) is 3.47. The first kappa shape index (κ1) is 21.1. The minimum Gasteiger partial charge on any atom is -0.457 e. The molecule has 0 amide bonds. The van der Waals surface area contributed by atoms with Gasteiger partial charge in [0.15, 0.2) is 5.96 Å². The van der Waals surface area contributed by atoms with Crippen LogP contribution in [0.25, 0.3) is 0 Å². The molecule has 3 aromatic rings. The largest absolute Gasteiger partial charge is 0.457 e. The third-order valence-corrected chi connectivity index (χ3v) is 4.50. The van der Waals surface area contributed by atoms with Crippen LogP contribution in [0.5, 0.6) is 0 Å². The van der Waals surface area contributed by atoms with Gasteiger partial charge in [-0.25, -0.2) is 9.79 Å². The van der Waals surface area contributed by atoms with E-state index in [9.17, 15) is 4.79 Å². The minimum atomic E-state index is -0.342. The topological polar surface area (TPSA) is 80.5 Å². The number of aryl methyl sites for hydroxylation is 1. The number of aromatic nitrogens is 2. The van der Waals surface area contributed by atoms with Crippen LogP contribution in [0.3, 0.4) is 0 Å². The Labute approximate surface area is 176 Å². The van der Waals surface area contributed by atoms with E-state index in [1.807, 2.05) is 73.3 Å². The van der Waals surface area contributed by atoms with Gasteiger partial charge in [0.1, 0.15) is 6.61 Å². The van der Waals surface area contributed by atoms with Crippen LogP contribution in [-0.2, 0) is 31.5 Å². The molecule has 156 valence electrons. The number of nitrogens with zero attached hydrogens (tertiary/aromatic N) is 3. The lowest BCUT2D eigenvalue weighted by Gasteiger charge is -2.11. The molecule has 1 aromatic heterocycles. The molecule has 2 aromatic carbocycles. The first-order valence-electron chi connectivity index (χ1n) is 9.94. The number of hydrogen-bond donors (Lipinski definition) is 2. The van der Waals surface area contributed by atoms with E-state index in [0.717, 1.165) is 23.4 Å². The van der Waals surface area contributed by atoms with Crippen molar-refractivity contribution in [1.29, 1.82) is 0 Å². The highest BCUT2D eigenvalue weighted by Crippen LogP contribution is 2.10. The molecule has 3 rings (SSSR count). The summed E-state index contributed by atoms with van der Waals surface area (Å²) >= 11 is 0. The number of guanidine groups is 1. The molecule has 1 heterocycles. The van der Waals surface area contributed by atoms with Crippen LogP contribution in [0.4, 0.5) is 0 Å². The van der Waals surface area contributed by atoms with Gasteiger partial charge in [0.2, 0.25) is 0 Å². The summed E-state index contributed by atoms with van der Waals surface area (Å²) in [6.45, 7) is 4.09. The maximum absolute atomic E-state index is 12.4. The van der Waals surface area contributed by atoms with Crippen molar-refractivity contribution in [2.24, 2.45) is 12.0 Å². The molecule has 0 aliphatic heterocycles. The van der Waals surface area contributed by atoms with Crippen molar-refractivity contribution in [3.05, 3.63) is 89.2 Å². The van der Waals surface area contributed by atoms with Crippen LogP contribution < -0.4 is 10.6 Å². The normalized spacial score (nSPS) is 11.2. The van der Waals surface area contributed by atoms with Crippen molar-refractivity contribution in [2.45, 2.75) is 26.6 Å². The number of esters is 1. The molecule has 7 heteroatoms. The van der Waals surface area contributed by atoms with E-state index in [0.29, 0.717) is 24.6 Å². The molecule has 0 saturated carbocycles. The van der Waals surface area contributed by atoms with E-state index < -0.39 is 0 Å². The lowest BCUT2D eigenvalue weighted by Crippen LogP contribution is -2.37. The molecule has 0 aliphatic carbocycles. The van der Waals surface area contributed by atoms with Gasteiger partial charge in [-0.05, 0) is 36.2 Å². The van der Waals surface area contributed by atoms with Gasteiger partial charge in [-0.1, -0.05) is 42.5 Å². The number of aliphatic imine (C=N–C) groups is 1. The fourth-order valence-corrected chi connectivity index (χ4v) is 2.86. The summed E-state index contributed by atoms with van der Waals surface area (Å²) in [4.78, 5) is 17.0. The Morgan fingerprint density at radius 1 is 1.07 bits per heavy atom. The molecule has 0 aliphatic rings. The molecule has 0 spiro atoms. The van der Waals surface area contributed by atoms with Crippen LogP contribution in [-0.4, -0.2) is 28.3 Å². The van der Waals surface area contributed by atoms with Gasteiger partial charge in [-0.3, -0.25) is 4.68 Å². The second-order valence-corrected chi connectivity index (χ2v) is 6.76. The first-order chi connectivity index (χ1) is 14.7. The fourth-order valence-electron chi connectivity index (χ4n) is 2.86. The summed E-state index contributed by atoms with van der Waals surface area (Å²) in [6, 6.07) is 19.0. The molecule has 0 saturated heterocycles. The number of rotatable bonds is 8. The zero-order chi connectivity index (χ0) is 21.2. The molecule has 0 fully saturated rings. The number of nitrogens with one attached hydrogen (secondary N) is 2. The fraction of sp³-hybridized carbons (Fsp3) is 0.261. The van der Waals surface area contributed by atoms with Gasteiger partial charge in [0.25, 0.3) is 0 Å². The smallest absolute Gasteiger partial charge is 0.338 e. The Kier molecular flexibility index (Phi) is 7.60. The zero-order valence-corrected chi connectivity index (χ0v) is 17.3. The van der Waals surface area contributed by atoms with Crippen LogP contribution in [0.15, 0.2) is 71.9 Å². The van der Waals surface area contributed by atoms with Crippen molar-refractivity contribution < 1.29 is 9.53 Å². The monoisotopic (exact) mass is 405 g/mol. The third kappa shape index (κ3) is 6.20. The van der Waals surface area contributed by atoms with Crippen molar-refractivity contribution >= 4 is 11.9 Å². The zero-order valence-electron chi connectivity index (χ0n) is 17.3. The van der Waals surface area contributed by atoms with Crippen LogP contribution in [0.1, 0.15) is 34.1 Å². The molecule has 2 N–H and O–H groups in total. The van der Waals surface area contributed by atoms with Crippen molar-refractivity contribution in [1.82, 2.24) is 20.4 Å². The van der Waals surface area contributed by atoms with E-state index >= 15 is 0 Å². The molecule has 7 nitrogen and oxygen atoms in total. The van der Waals surface area contributed by atoms with Crippen molar-refractivity contribution in [3.63, 3.8) is 0 Å². The van der Waals surface area contributed by atoms with E-state index in [1.165, 1.54) is 0 Å². The molecule has 30 heavy (non-hydrogen) atoms. The third-order valence-electron chi connectivity index (χ3n) is 4.50. The lowest BCUT2D eigenvalue weighted by molar-refractivity contribution is 0.0472. The van der Waals surface area contributed by atoms with Crippen molar-refractivity contribution in [2.75, 3.05) is 6.54 Å². The molecule has 0 unspecified atom stereocenters. The highest BCUT2D eigenvalue weighted by molar-refractivity contribution is 5.89. The molecule has 0 atom stereocenters. The summed E-state index contributed by atoms with van der Waals surface area (Å²) in [5, 5.41) is 10.7. The Balaban J connectivity index is 1.59. The Morgan fingerprint density at radius 2 is 1.87 bits per heavy atom. The minimum absolute atomic E-state index is 0.255. The Morgan fingerprint density at radius 3 is 2.60 bits per heavy atom. The maximum atomic E-state index is 12.4. The number of hydrogen-bond acceptors (Lipinski definition) is 4. The number of ether oxygens (including phenoxy) is 1. The van der Waals surface area contributed by atoms with Crippen LogP contribution >= 0.6 is 0 Å². The van der Waals surface area contributed by atoms with Gasteiger partial charge in [0.05, 0.1) is 24.3 Å². The number of benzene rings is 2. The van der Waals surface area contributed by atoms with Gasteiger partial charge >= 0.3 is 5.97 Å². The molecule has 0 bridgehead atoms. The van der Waals surface area contributed by atoms with Gasteiger partial charge < -0.3 is 15.4 Å². The standard InChI is InChI=1S/C23H27N5O2/c1-3-24-23(26-16-21-12-13-27-28(21)2)25-15-19-10-7-11-20(14-19)22(29)30-17-18-8-5-4-6-9-18/h4-14H,3,15-17H2,1-2H3,(H2,24,25,26). The molecular weight excluding hydrogens is 378 g/mol. The van der Waals surface area contributed by atoms with E-state index in [-0.39, 0.29) is 12.6 Å². The molecule has 0 radical (unpaired) electrons. The second-order valence-electron chi connectivity index (χ2n) is 6.76. The van der Waals surface area contributed by atoms with Gasteiger partial charge in [-0.15, -0.1) is 0 Å². The Bertz CT molecular complexity index is 982. The predicted molar refractivity (Wildman–Crippen MR) is 117 cm³/mol. The second kappa shape index (κ2) is 10.8. The van der Waals surface area contributed by atoms with Crippen molar-refractivity contribution in [3.8, 4) is 0 Å². The average Bonchev–Trinajstić information content (AvgIpc) is 3.19. The summed E-state index contributed by atoms with van der Waals surface area (Å²) in [6.07, 6.45) is 1.77. The quantitative estimate of drug-likeness (QED) is 0.342. The molecular formula is C23H27N5O2. The van der Waals surface area contributed by atoms with E-state index in [4.69, 9.17) is 4.74 Å². The summed E-state index contributed by atoms with van der Waals surface area (Å²) in [5.74, 6) is 0.363. The number of carbonyl (C=O) groups is 1. The van der Waals surface area contributed by atoms with Gasteiger partial charge in [-0.2, -0.15) is 5.10 Å².